The van der Waals surface area contributed by atoms with Crippen molar-refractivity contribution in [1.29, 1.82) is 0 Å². The molecular weight excluding hydrogens is 366 g/mol. The second kappa shape index (κ2) is 7.14. The first kappa shape index (κ1) is 17.1. The van der Waals surface area contributed by atoms with E-state index in [4.69, 9.17) is 16.3 Å². The van der Waals surface area contributed by atoms with Crippen molar-refractivity contribution in [2.75, 3.05) is 11.9 Å². The van der Waals surface area contributed by atoms with E-state index in [0.29, 0.717) is 18.1 Å². The molecule has 0 spiro atoms. The van der Waals surface area contributed by atoms with Crippen LogP contribution in [0, 0.1) is 0 Å². The van der Waals surface area contributed by atoms with E-state index in [0.717, 1.165) is 28.1 Å². The zero-order valence-corrected chi connectivity index (χ0v) is 15.9. The van der Waals surface area contributed by atoms with Crippen molar-refractivity contribution < 1.29 is 9.53 Å². The molecule has 1 unspecified atom stereocenters. The minimum absolute atomic E-state index is 0.00699. The lowest BCUT2D eigenvalue weighted by molar-refractivity contribution is -0.116. The molecule has 1 N–H and O–H groups in total. The second-order valence-corrected chi connectivity index (χ2v) is 7.52. The largest absolute Gasteiger partial charge is 0.494 e. The Bertz CT molecular complexity index is 949. The average molecular weight is 384 g/mol. The highest BCUT2D eigenvalue weighted by atomic mass is 35.5. The molecule has 0 saturated heterocycles. The van der Waals surface area contributed by atoms with Crippen LogP contribution in [0.3, 0.4) is 0 Å². The smallest absolute Gasteiger partial charge is 0.225 e. The quantitative estimate of drug-likeness (QED) is 0.605. The van der Waals surface area contributed by atoms with Gasteiger partial charge in [-0.3, -0.25) is 4.79 Å². The number of thiophene rings is 1. The average Bonchev–Trinajstić information content (AvgIpc) is 3.06. The number of halogens is 1. The number of fused-ring (bicyclic) bond motifs is 1. The van der Waals surface area contributed by atoms with Gasteiger partial charge in [0.05, 0.1) is 12.3 Å². The van der Waals surface area contributed by atoms with Gasteiger partial charge < -0.3 is 10.1 Å². The minimum atomic E-state index is 0.00699. The standard InChI is InChI=1S/C21H18ClNO2S/c1-2-25-18-6-4-3-5-15(18)16-11-19(24)23-20-17(12-26-21(16)20)13-7-9-14(22)10-8-13/h3-10,12,16H,2,11H2,1H3,(H,23,24). The lowest BCUT2D eigenvalue weighted by Gasteiger charge is -2.25. The van der Waals surface area contributed by atoms with Gasteiger partial charge in [-0.1, -0.05) is 41.9 Å². The number of hydrogen-bond donors (Lipinski definition) is 1. The van der Waals surface area contributed by atoms with E-state index in [1.54, 1.807) is 11.3 Å². The Hall–Kier alpha value is -2.30. The van der Waals surface area contributed by atoms with E-state index in [2.05, 4.69) is 16.8 Å². The molecule has 0 aliphatic carbocycles. The molecule has 1 atom stereocenters. The van der Waals surface area contributed by atoms with Crippen LogP contribution in [0.5, 0.6) is 5.75 Å². The van der Waals surface area contributed by atoms with Crippen LogP contribution in [0.1, 0.15) is 29.7 Å². The zero-order chi connectivity index (χ0) is 18.1. The first-order chi connectivity index (χ1) is 12.7. The van der Waals surface area contributed by atoms with Crippen molar-refractivity contribution in [3.63, 3.8) is 0 Å². The summed E-state index contributed by atoms with van der Waals surface area (Å²) in [5, 5.41) is 5.88. The molecule has 0 fully saturated rings. The van der Waals surface area contributed by atoms with E-state index >= 15 is 0 Å². The third-order valence-electron chi connectivity index (χ3n) is 4.54. The number of anilines is 1. The molecule has 2 heterocycles. The van der Waals surface area contributed by atoms with Gasteiger partial charge in [0.15, 0.2) is 0 Å². The van der Waals surface area contributed by atoms with Gasteiger partial charge in [-0.2, -0.15) is 0 Å². The Morgan fingerprint density at radius 2 is 1.96 bits per heavy atom. The van der Waals surface area contributed by atoms with Gasteiger partial charge in [-0.25, -0.2) is 0 Å². The minimum Gasteiger partial charge on any atom is -0.494 e. The van der Waals surface area contributed by atoms with Gasteiger partial charge in [0.25, 0.3) is 0 Å². The number of nitrogens with one attached hydrogen (secondary N) is 1. The molecule has 5 heteroatoms. The molecule has 3 aromatic rings. The van der Waals surface area contributed by atoms with Gasteiger partial charge in [0.1, 0.15) is 5.75 Å². The Morgan fingerprint density at radius 3 is 2.73 bits per heavy atom. The number of ether oxygens (including phenoxy) is 1. The van der Waals surface area contributed by atoms with Gasteiger partial charge >= 0.3 is 0 Å². The van der Waals surface area contributed by atoms with Crippen molar-refractivity contribution in [2.24, 2.45) is 0 Å². The summed E-state index contributed by atoms with van der Waals surface area (Å²) in [5.74, 6) is 0.886. The van der Waals surface area contributed by atoms with Crippen molar-refractivity contribution in [3.05, 3.63) is 69.4 Å². The first-order valence-corrected chi connectivity index (χ1v) is 9.82. The number of benzene rings is 2. The molecule has 3 nitrogen and oxygen atoms in total. The molecule has 2 aromatic carbocycles. The molecule has 0 saturated carbocycles. The number of carbonyl (C=O) groups is 1. The maximum absolute atomic E-state index is 12.4. The van der Waals surface area contributed by atoms with Crippen molar-refractivity contribution in [2.45, 2.75) is 19.3 Å². The number of para-hydroxylation sites is 1. The Balaban J connectivity index is 1.80. The van der Waals surface area contributed by atoms with E-state index in [1.807, 2.05) is 49.4 Å². The van der Waals surface area contributed by atoms with Crippen LogP contribution in [-0.2, 0) is 4.79 Å². The SMILES string of the molecule is CCOc1ccccc1C1CC(=O)Nc2c(-c3ccc(Cl)cc3)csc21. The fourth-order valence-corrected chi connectivity index (χ4v) is 4.65. The number of carbonyl (C=O) groups excluding carboxylic acids is 1. The third-order valence-corrected chi connectivity index (χ3v) is 5.89. The maximum Gasteiger partial charge on any atom is 0.225 e. The van der Waals surface area contributed by atoms with Gasteiger partial charge in [-0.05, 0) is 30.7 Å². The summed E-state index contributed by atoms with van der Waals surface area (Å²) >= 11 is 7.69. The van der Waals surface area contributed by atoms with E-state index in [1.165, 1.54) is 4.88 Å². The number of rotatable bonds is 4. The van der Waals surface area contributed by atoms with Crippen LogP contribution in [0.25, 0.3) is 11.1 Å². The van der Waals surface area contributed by atoms with E-state index in [-0.39, 0.29) is 11.8 Å². The molecule has 0 radical (unpaired) electrons. The molecule has 1 amide bonds. The van der Waals surface area contributed by atoms with Gasteiger partial charge in [0, 0.05) is 38.7 Å². The van der Waals surface area contributed by atoms with Gasteiger partial charge in [-0.15, -0.1) is 11.3 Å². The fraction of sp³-hybridized carbons (Fsp3) is 0.190. The van der Waals surface area contributed by atoms with Crippen LogP contribution < -0.4 is 10.1 Å². The fourth-order valence-electron chi connectivity index (χ4n) is 3.38. The molecular formula is C21H18ClNO2S. The van der Waals surface area contributed by atoms with Crippen LogP contribution >= 0.6 is 22.9 Å². The molecule has 1 aliphatic heterocycles. The predicted molar refractivity (Wildman–Crippen MR) is 107 cm³/mol. The summed E-state index contributed by atoms with van der Waals surface area (Å²) in [6.07, 6.45) is 0.428. The van der Waals surface area contributed by atoms with Gasteiger partial charge in [0.2, 0.25) is 5.91 Å². The van der Waals surface area contributed by atoms with Crippen molar-refractivity contribution in [1.82, 2.24) is 0 Å². The number of hydrogen-bond acceptors (Lipinski definition) is 3. The highest BCUT2D eigenvalue weighted by molar-refractivity contribution is 7.11. The first-order valence-electron chi connectivity index (χ1n) is 8.56. The predicted octanol–water partition coefficient (Wildman–Crippen LogP) is 5.94. The molecule has 132 valence electrons. The Kier molecular flexibility index (Phi) is 4.70. The molecule has 0 bridgehead atoms. The van der Waals surface area contributed by atoms with E-state index in [9.17, 15) is 4.79 Å². The van der Waals surface area contributed by atoms with E-state index < -0.39 is 0 Å². The van der Waals surface area contributed by atoms with Crippen LogP contribution in [0.2, 0.25) is 5.02 Å². The lowest BCUT2D eigenvalue weighted by atomic mass is 9.88. The highest BCUT2D eigenvalue weighted by Crippen LogP contribution is 2.48. The van der Waals surface area contributed by atoms with Crippen LogP contribution in [0.15, 0.2) is 53.9 Å². The number of amides is 1. The third kappa shape index (κ3) is 3.11. The van der Waals surface area contributed by atoms with Crippen molar-refractivity contribution >= 4 is 34.5 Å². The Morgan fingerprint density at radius 1 is 1.19 bits per heavy atom. The topological polar surface area (TPSA) is 38.3 Å². The van der Waals surface area contributed by atoms with Crippen LogP contribution in [-0.4, -0.2) is 12.5 Å². The molecule has 1 aliphatic rings. The summed E-state index contributed by atoms with van der Waals surface area (Å²) in [7, 11) is 0. The summed E-state index contributed by atoms with van der Waals surface area (Å²) in [6, 6.07) is 15.7. The summed E-state index contributed by atoms with van der Waals surface area (Å²) in [5.41, 5.74) is 4.05. The maximum atomic E-state index is 12.4. The highest BCUT2D eigenvalue weighted by Gasteiger charge is 2.32. The molecule has 1 aromatic heterocycles. The molecule has 26 heavy (non-hydrogen) atoms. The summed E-state index contributed by atoms with van der Waals surface area (Å²) in [6.45, 7) is 2.57. The molecule has 4 rings (SSSR count). The summed E-state index contributed by atoms with van der Waals surface area (Å²) in [4.78, 5) is 13.6. The lowest BCUT2D eigenvalue weighted by Crippen LogP contribution is -2.22. The summed E-state index contributed by atoms with van der Waals surface area (Å²) < 4.78 is 5.80. The monoisotopic (exact) mass is 383 g/mol. The Labute approximate surface area is 161 Å². The second-order valence-electron chi connectivity index (χ2n) is 6.17. The van der Waals surface area contributed by atoms with Crippen LogP contribution in [0.4, 0.5) is 5.69 Å². The van der Waals surface area contributed by atoms with Crippen molar-refractivity contribution in [3.8, 4) is 16.9 Å². The normalized spacial score (nSPS) is 16.1. The zero-order valence-electron chi connectivity index (χ0n) is 14.3.